The Hall–Kier alpha value is -1.95. The summed E-state index contributed by atoms with van der Waals surface area (Å²) in [5, 5.41) is 15.8. The predicted octanol–water partition coefficient (Wildman–Crippen LogP) is 3.07. The third kappa shape index (κ3) is 2.12. The Morgan fingerprint density at radius 3 is 2.71 bits per heavy atom. The molecule has 0 fully saturated rings. The molecule has 0 aliphatic rings. The van der Waals surface area contributed by atoms with Crippen LogP contribution in [0.1, 0.15) is 5.56 Å². The van der Waals surface area contributed by atoms with Crippen LogP contribution in [0.3, 0.4) is 0 Å². The average Bonchev–Trinajstić information content (AvgIpc) is 2.74. The van der Waals surface area contributed by atoms with Gasteiger partial charge >= 0.3 is 0 Å². The number of thiophene rings is 1. The first-order valence-corrected chi connectivity index (χ1v) is 5.89. The van der Waals surface area contributed by atoms with E-state index in [4.69, 9.17) is 0 Å². The summed E-state index contributed by atoms with van der Waals surface area (Å²) in [5.41, 5.74) is 1.46. The molecule has 0 unspecified atom stereocenters. The molecular formula is C11H11N3O2S. The standard InChI is InChI=1S/C11H11N3O2S/c1-7-5-6-17-11(7)10-8(14(15)16)3-4-9(12-2)13-10/h3-6H,1-2H3,(H,12,13). The van der Waals surface area contributed by atoms with Gasteiger partial charge in [0.2, 0.25) is 0 Å². The van der Waals surface area contributed by atoms with Crippen LogP contribution < -0.4 is 5.32 Å². The van der Waals surface area contributed by atoms with Crippen LogP contribution >= 0.6 is 11.3 Å². The fraction of sp³-hybridized carbons (Fsp3) is 0.182. The second-order valence-electron chi connectivity index (χ2n) is 3.50. The van der Waals surface area contributed by atoms with E-state index in [1.54, 1.807) is 13.1 Å². The van der Waals surface area contributed by atoms with E-state index in [0.717, 1.165) is 10.4 Å². The van der Waals surface area contributed by atoms with E-state index in [9.17, 15) is 10.1 Å². The van der Waals surface area contributed by atoms with E-state index in [2.05, 4.69) is 10.3 Å². The molecule has 2 heterocycles. The molecule has 2 rings (SSSR count). The number of rotatable bonds is 3. The fourth-order valence-electron chi connectivity index (χ4n) is 1.52. The van der Waals surface area contributed by atoms with Crippen LogP contribution in [0.15, 0.2) is 23.6 Å². The molecule has 1 N–H and O–H groups in total. The maximum Gasteiger partial charge on any atom is 0.296 e. The lowest BCUT2D eigenvalue weighted by Crippen LogP contribution is -1.98. The van der Waals surface area contributed by atoms with E-state index >= 15 is 0 Å². The quantitative estimate of drug-likeness (QED) is 0.670. The van der Waals surface area contributed by atoms with Gasteiger partial charge in [0.25, 0.3) is 5.69 Å². The van der Waals surface area contributed by atoms with E-state index < -0.39 is 4.92 Å². The monoisotopic (exact) mass is 249 g/mol. The van der Waals surface area contributed by atoms with Gasteiger partial charge in [0.05, 0.1) is 9.80 Å². The molecule has 0 aromatic carbocycles. The number of anilines is 1. The molecule has 0 spiro atoms. The largest absolute Gasteiger partial charge is 0.373 e. The van der Waals surface area contributed by atoms with Gasteiger partial charge in [-0.3, -0.25) is 10.1 Å². The number of pyridine rings is 1. The molecule has 0 saturated heterocycles. The second-order valence-corrected chi connectivity index (χ2v) is 4.42. The Bertz CT molecular complexity index is 566. The number of nitrogens with one attached hydrogen (secondary N) is 1. The van der Waals surface area contributed by atoms with Gasteiger partial charge in [0.1, 0.15) is 5.82 Å². The minimum Gasteiger partial charge on any atom is -0.373 e. The molecule has 0 amide bonds. The molecule has 0 radical (unpaired) electrons. The van der Waals surface area contributed by atoms with E-state index in [-0.39, 0.29) is 5.69 Å². The van der Waals surface area contributed by atoms with Gasteiger partial charge in [0.15, 0.2) is 5.69 Å². The molecule has 0 aliphatic carbocycles. The summed E-state index contributed by atoms with van der Waals surface area (Å²) >= 11 is 1.46. The van der Waals surface area contributed by atoms with Crippen LogP contribution in [0.25, 0.3) is 10.6 Å². The van der Waals surface area contributed by atoms with Crippen molar-refractivity contribution in [3.8, 4) is 10.6 Å². The van der Waals surface area contributed by atoms with Crippen molar-refractivity contribution < 1.29 is 4.92 Å². The fourth-order valence-corrected chi connectivity index (χ4v) is 2.44. The van der Waals surface area contributed by atoms with Gasteiger partial charge in [-0.1, -0.05) is 0 Å². The number of aromatic nitrogens is 1. The normalized spacial score (nSPS) is 10.2. The van der Waals surface area contributed by atoms with Crippen molar-refractivity contribution in [3.63, 3.8) is 0 Å². The van der Waals surface area contributed by atoms with Gasteiger partial charge in [-0.2, -0.15) is 0 Å². The summed E-state index contributed by atoms with van der Waals surface area (Å²) < 4.78 is 0. The first-order valence-electron chi connectivity index (χ1n) is 5.01. The Morgan fingerprint density at radius 2 is 2.18 bits per heavy atom. The zero-order chi connectivity index (χ0) is 12.4. The molecule has 5 nitrogen and oxygen atoms in total. The molecule has 88 valence electrons. The van der Waals surface area contributed by atoms with E-state index in [1.165, 1.54) is 17.4 Å². The number of hydrogen-bond acceptors (Lipinski definition) is 5. The van der Waals surface area contributed by atoms with Gasteiger partial charge in [-0.25, -0.2) is 4.98 Å². The third-order valence-electron chi connectivity index (χ3n) is 2.40. The zero-order valence-corrected chi connectivity index (χ0v) is 10.2. The minimum absolute atomic E-state index is 0.0366. The Kier molecular flexibility index (Phi) is 3.06. The molecular weight excluding hydrogens is 238 g/mol. The van der Waals surface area contributed by atoms with Gasteiger partial charge in [0, 0.05) is 13.1 Å². The number of aryl methyl sites for hydroxylation is 1. The van der Waals surface area contributed by atoms with Crippen LogP contribution in [0, 0.1) is 17.0 Å². The van der Waals surface area contributed by atoms with Crippen molar-refractivity contribution in [3.05, 3.63) is 39.3 Å². The van der Waals surface area contributed by atoms with E-state index in [0.29, 0.717) is 11.5 Å². The van der Waals surface area contributed by atoms with Crippen LogP contribution in [0.2, 0.25) is 0 Å². The van der Waals surface area contributed by atoms with Gasteiger partial charge in [-0.15, -0.1) is 11.3 Å². The highest BCUT2D eigenvalue weighted by atomic mass is 32.1. The van der Waals surface area contributed by atoms with E-state index in [1.807, 2.05) is 18.4 Å². The molecule has 2 aromatic rings. The molecule has 0 bridgehead atoms. The summed E-state index contributed by atoms with van der Waals surface area (Å²) in [7, 11) is 1.74. The molecule has 0 atom stereocenters. The molecule has 17 heavy (non-hydrogen) atoms. The first kappa shape index (κ1) is 11.5. The Morgan fingerprint density at radius 1 is 1.41 bits per heavy atom. The lowest BCUT2D eigenvalue weighted by Gasteiger charge is -2.04. The predicted molar refractivity (Wildman–Crippen MR) is 68.5 cm³/mol. The molecule has 0 saturated carbocycles. The number of nitrogens with zero attached hydrogens (tertiary/aromatic N) is 2. The molecule has 6 heteroatoms. The summed E-state index contributed by atoms with van der Waals surface area (Å²) in [6, 6.07) is 5.01. The van der Waals surface area contributed by atoms with Crippen molar-refractivity contribution in [2.24, 2.45) is 0 Å². The van der Waals surface area contributed by atoms with Gasteiger partial charge in [-0.05, 0) is 30.0 Å². The number of nitro groups is 1. The maximum atomic E-state index is 11.0. The van der Waals surface area contributed by atoms with Crippen molar-refractivity contribution >= 4 is 22.8 Å². The highest BCUT2D eigenvalue weighted by Crippen LogP contribution is 2.34. The minimum atomic E-state index is -0.402. The Balaban J connectivity index is 2.65. The highest BCUT2D eigenvalue weighted by Gasteiger charge is 2.19. The Labute approximate surface area is 102 Å². The second kappa shape index (κ2) is 4.50. The summed E-state index contributed by atoms with van der Waals surface area (Å²) in [4.78, 5) is 15.7. The van der Waals surface area contributed by atoms with Crippen molar-refractivity contribution in [2.45, 2.75) is 6.92 Å². The lowest BCUT2D eigenvalue weighted by molar-refractivity contribution is -0.384. The summed E-state index contributed by atoms with van der Waals surface area (Å²) in [5.74, 6) is 0.624. The van der Waals surface area contributed by atoms with Crippen molar-refractivity contribution in [1.82, 2.24) is 4.98 Å². The maximum absolute atomic E-state index is 11.0. The highest BCUT2D eigenvalue weighted by molar-refractivity contribution is 7.13. The first-order chi connectivity index (χ1) is 8.13. The molecule has 0 aliphatic heterocycles. The SMILES string of the molecule is CNc1ccc([N+](=O)[O-])c(-c2sccc2C)n1. The molecule has 2 aromatic heterocycles. The number of hydrogen-bond donors (Lipinski definition) is 1. The zero-order valence-electron chi connectivity index (χ0n) is 9.43. The smallest absolute Gasteiger partial charge is 0.296 e. The summed E-state index contributed by atoms with van der Waals surface area (Å²) in [6.45, 7) is 1.92. The lowest BCUT2D eigenvalue weighted by atomic mass is 10.2. The van der Waals surface area contributed by atoms with Crippen molar-refractivity contribution in [1.29, 1.82) is 0 Å². The van der Waals surface area contributed by atoms with Crippen LogP contribution in [-0.4, -0.2) is 17.0 Å². The average molecular weight is 249 g/mol. The van der Waals surface area contributed by atoms with Crippen molar-refractivity contribution in [2.75, 3.05) is 12.4 Å². The third-order valence-corrected chi connectivity index (χ3v) is 3.43. The van der Waals surface area contributed by atoms with Crippen LogP contribution in [-0.2, 0) is 0 Å². The van der Waals surface area contributed by atoms with Crippen LogP contribution in [0.5, 0.6) is 0 Å². The van der Waals surface area contributed by atoms with Gasteiger partial charge < -0.3 is 5.32 Å². The van der Waals surface area contributed by atoms with Crippen LogP contribution in [0.4, 0.5) is 11.5 Å². The topological polar surface area (TPSA) is 68.1 Å². The summed E-state index contributed by atoms with van der Waals surface area (Å²) in [6.07, 6.45) is 0.